The molecule has 0 saturated carbocycles. The van der Waals surface area contributed by atoms with Gasteiger partial charge in [-0.25, -0.2) is 9.50 Å². The number of ether oxygens (including phenoxy) is 1. The fourth-order valence-corrected chi connectivity index (χ4v) is 4.52. The molecule has 1 aliphatic rings. The zero-order valence-electron chi connectivity index (χ0n) is 21.2. The minimum atomic E-state index is -4.85. The third kappa shape index (κ3) is 5.10. The highest BCUT2D eigenvalue weighted by atomic mass is 19.4. The van der Waals surface area contributed by atoms with E-state index in [-0.39, 0.29) is 29.3 Å². The van der Waals surface area contributed by atoms with Crippen molar-refractivity contribution in [1.29, 1.82) is 0 Å². The molecule has 0 aliphatic carbocycles. The van der Waals surface area contributed by atoms with E-state index in [0.717, 1.165) is 10.7 Å². The number of aryl methyl sites for hydroxylation is 1. The van der Waals surface area contributed by atoms with E-state index < -0.39 is 29.4 Å². The molecular weight excluding hydrogens is 529 g/mol. The Morgan fingerprint density at radius 1 is 1.15 bits per heavy atom. The van der Waals surface area contributed by atoms with Gasteiger partial charge in [0, 0.05) is 34.6 Å². The first kappa shape index (κ1) is 26.8. The topological polar surface area (TPSA) is 132 Å². The number of aromatic nitrogens is 3. The molecule has 0 radical (unpaired) electrons. The van der Waals surface area contributed by atoms with E-state index in [1.54, 1.807) is 36.1 Å². The summed E-state index contributed by atoms with van der Waals surface area (Å²) in [6.07, 6.45) is -3.78. The van der Waals surface area contributed by atoms with Gasteiger partial charge in [0.25, 0.3) is 11.8 Å². The molecule has 10 nitrogen and oxygen atoms in total. The normalized spacial score (nSPS) is 14.0. The van der Waals surface area contributed by atoms with Gasteiger partial charge in [0.05, 0.1) is 18.5 Å². The molecule has 4 aromatic rings. The first-order chi connectivity index (χ1) is 19.1. The smallest absolute Gasteiger partial charge is 0.370 e. The van der Waals surface area contributed by atoms with E-state index in [2.05, 4.69) is 15.4 Å². The van der Waals surface area contributed by atoms with E-state index >= 15 is 0 Å². The summed E-state index contributed by atoms with van der Waals surface area (Å²) in [5, 5.41) is 6.91. The number of rotatable bonds is 6. The molecule has 1 fully saturated rings. The highest BCUT2D eigenvalue weighted by molar-refractivity contribution is 6.09. The number of hydrogen-bond donors (Lipinski definition) is 2. The number of morpholine rings is 1. The number of nitrogens with zero attached hydrogens (tertiary/aromatic N) is 4. The lowest BCUT2D eigenvalue weighted by molar-refractivity contribution is -0.141. The van der Waals surface area contributed by atoms with Crippen molar-refractivity contribution in [3.8, 4) is 11.3 Å². The number of carbonyl (C=O) groups excluding carboxylic acids is 3. The largest absolute Gasteiger partial charge is 0.434 e. The van der Waals surface area contributed by atoms with Crippen LogP contribution < -0.4 is 16.0 Å². The second-order valence-corrected chi connectivity index (χ2v) is 8.99. The monoisotopic (exact) mass is 552 g/mol. The predicted molar refractivity (Wildman–Crippen MR) is 139 cm³/mol. The zero-order chi connectivity index (χ0) is 28.6. The number of anilines is 2. The third-order valence-corrected chi connectivity index (χ3v) is 6.41. The van der Waals surface area contributed by atoms with Gasteiger partial charge in [-0.1, -0.05) is 25.1 Å². The zero-order valence-corrected chi connectivity index (χ0v) is 21.2. The molecule has 0 bridgehead atoms. The van der Waals surface area contributed by atoms with Crippen molar-refractivity contribution in [1.82, 2.24) is 14.6 Å². The number of alkyl halides is 3. The van der Waals surface area contributed by atoms with Crippen LogP contribution in [0.2, 0.25) is 0 Å². The number of halogens is 3. The van der Waals surface area contributed by atoms with Gasteiger partial charge in [0.15, 0.2) is 11.4 Å². The van der Waals surface area contributed by atoms with Crippen LogP contribution in [0.5, 0.6) is 0 Å². The molecule has 2 aromatic carbocycles. The second-order valence-electron chi connectivity index (χ2n) is 8.99. The highest BCUT2D eigenvalue weighted by Crippen LogP contribution is 2.33. The van der Waals surface area contributed by atoms with E-state index in [1.807, 2.05) is 0 Å². The molecule has 3 heterocycles. The number of amides is 3. The van der Waals surface area contributed by atoms with Crippen molar-refractivity contribution in [3.05, 3.63) is 77.2 Å². The van der Waals surface area contributed by atoms with Crippen LogP contribution in [0.4, 0.5) is 24.5 Å². The molecule has 0 unspecified atom stereocenters. The molecular formula is C27H23F3N6O4. The van der Waals surface area contributed by atoms with Gasteiger partial charge in [0.2, 0.25) is 5.91 Å². The third-order valence-electron chi connectivity index (χ3n) is 6.41. The summed E-state index contributed by atoms with van der Waals surface area (Å²) in [5.41, 5.74) is 6.01. The Hall–Kier alpha value is -4.78. The van der Waals surface area contributed by atoms with Crippen molar-refractivity contribution in [2.75, 3.05) is 30.0 Å². The number of nitrogens with two attached hydrogens (primary N) is 1. The van der Waals surface area contributed by atoms with Crippen molar-refractivity contribution < 1.29 is 32.3 Å². The van der Waals surface area contributed by atoms with Gasteiger partial charge < -0.3 is 20.7 Å². The number of primary amides is 1. The molecule has 3 N–H and O–H groups in total. The Morgan fingerprint density at radius 2 is 1.90 bits per heavy atom. The lowest BCUT2D eigenvalue weighted by Crippen LogP contribution is -2.41. The quantitative estimate of drug-likeness (QED) is 0.375. The SMILES string of the molecule is CCc1c(-c2ccc(N3CCOCC3=O)cc2)nn2cc(C(F)(F)F)nc(C(=O)Nc3cccc(C(N)=O)c3)c12. The summed E-state index contributed by atoms with van der Waals surface area (Å²) in [4.78, 5) is 42.3. The van der Waals surface area contributed by atoms with Crippen LogP contribution in [0.15, 0.2) is 54.7 Å². The van der Waals surface area contributed by atoms with Crippen molar-refractivity contribution >= 4 is 34.6 Å². The molecule has 3 amide bonds. The number of hydrogen-bond acceptors (Lipinski definition) is 6. The van der Waals surface area contributed by atoms with E-state index in [0.29, 0.717) is 42.1 Å². The Balaban J connectivity index is 1.59. The first-order valence-corrected chi connectivity index (χ1v) is 12.3. The summed E-state index contributed by atoms with van der Waals surface area (Å²) in [6, 6.07) is 12.6. The van der Waals surface area contributed by atoms with Gasteiger partial charge in [-0.05, 0) is 36.8 Å². The van der Waals surface area contributed by atoms with Crippen LogP contribution in [-0.4, -0.2) is 52.1 Å². The molecule has 1 aliphatic heterocycles. The molecule has 0 spiro atoms. The maximum absolute atomic E-state index is 13.8. The highest BCUT2D eigenvalue weighted by Gasteiger charge is 2.36. The number of carbonyl (C=O) groups is 3. The molecule has 5 rings (SSSR count). The summed E-state index contributed by atoms with van der Waals surface area (Å²) in [7, 11) is 0. The molecule has 1 saturated heterocycles. The standard InChI is InChI=1S/C27H23F3N6O4/c1-2-19-22(15-6-8-18(9-7-15)35-10-11-40-14-21(35)37)34-36-13-20(27(28,29)30)33-23(24(19)36)26(39)32-17-5-3-4-16(12-17)25(31)38/h3-9,12-13H,2,10-11,14H2,1H3,(H2,31,38)(H,32,39). The summed E-state index contributed by atoms with van der Waals surface area (Å²) in [5.74, 6) is -1.82. The molecule has 13 heteroatoms. The van der Waals surface area contributed by atoms with E-state index in [1.165, 1.54) is 24.3 Å². The van der Waals surface area contributed by atoms with Crippen LogP contribution in [-0.2, 0) is 22.1 Å². The van der Waals surface area contributed by atoms with Gasteiger partial charge in [-0.3, -0.25) is 14.4 Å². The van der Waals surface area contributed by atoms with Crippen LogP contribution in [0.1, 0.15) is 39.0 Å². The summed E-state index contributed by atoms with van der Waals surface area (Å²) in [6.45, 7) is 2.59. The number of nitrogens with one attached hydrogen (secondary N) is 1. The minimum absolute atomic E-state index is 0.0135. The van der Waals surface area contributed by atoms with Gasteiger partial charge in [-0.2, -0.15) is 18.3 Å². The Bertz CT molecular complexity index is 1630. The van der Waals surface area contributed by atoms with Gasteiger partial charge in [0.1, 0.15) is 12.1 Å². The average Bonchev–Trinajstić information content (AvgIpc) is 3.31. The first-order valence-electron chi connectivity index (χ1n) is 12.3. The van der Waals surface area contributed by atoms with Crippen molar-refractivity contribution in [2.24, 2.45) is 5.73 Å². The maximum Gasteiger partial charge on any atom is 0.434 e. The molecule has 2 aromatic heterocycles. The fraction of sp³-hybridized carbons (Fsp3) is 0.222. The van der Waals surface area contributed by atoms with Crippen molar-refractivity contribution in [2.45, 2.75) is 19.5 Å². The van der Waals surface area contributed by atoms with Gasteiger partial charge in [-0.15, -0.1) is 0 Å². The second kappa shape index (κ2) is 10.4. The van der Waals surface area contributed by atoms with E-state index in [9.17, 15) is 27.6 Å². The molecule has 206 valence electrons. The Labute approximate surface area is 225 Å². The summed E-state index contributed by atoms with van der Waals surface area (Å²) < 4.78 is 47.5. The molecule has 40 heavy (non-hydrogen) atoms. The van der Waals surface area contributed by atoms with Crippen molar-refractivity contribution in [3.63, 3.8) is 0 Å². The Kier molecular flexibility index (Phi) is 6.98. The summed E-state index contributed by atoms with van der Waals surface area (Å²) >= 11 is 0. The fourth-order valence-electron chi connectivity index (χ4n) is 4.52. The van der Waals surface area contributed by atoms with Crippen LogP contribution in [0.3, 0.4) is 0 Å². The molecule has 0 atom stereocenters. The maximum atomic E-state index is 13.8. The van der Waals surface area contributed by atoms with Crippen LogP contribution in [0.25, 0.3) is 16.8 Å². The lowest BCUT2D eigenvalue weighted by Gasteiger charge is -2.26. The van der Waals surface area contributed by atoms with Crippen LogP contribution >= 0.6 is 0 Å². The van der Waals surface area contributed by atoms with Gasteiger partial charge >= 0.3 is 6.18 Å². The minimum Gasteiger partial charge on any atom is -0.370 e. The Morgan fingerprint density at radius 3 is 2.55 bits per heavy atom. The van der Waals surface area contributed by atoms with Crippen LogP contribution in [0, 0.1) is 0 Å². The average molecular weight is 553 g/mol. The van der Waals surface area contributed by atoms with E-state index in [4.69, 9.17) is 10.5 Å². The number of fused-ring (bicyclic) bond motifs is 1. The number of benzene rings is 2. The lowest BCUT2D eigenvalue weighted by atomic mass is 10.0. The predicted octanol–water partition coefficient (Wildman–Crippen LogP) is 3.69.